The summed E-state index contributed by atoms with van der Waals surface area (Å²) in [6.45, 7) is 9.69. The molecule has 2 aromatic rings. The summed E-state index contributed by atoms with van der Waals surface area (Å²) in [7, 11) is 0. The lowest BCUT2D eigenvalue weighted by Crippen LogP contribution is -2.41. The Balaban J connectivity index is 1.95. The highest BCUT2D eigenvalue weighted by molar-refractivity contribution is 6.01. The second-order valence-electron chi connectivity index (χ2n) is 6.27. The van der Waals surface area contributed by atoms with Gasteiger partial charge in [0.05, 0.1) is 0 Å². The van der Waals surface area contributed by atoms with Gasteiger partial charge in [0, 0.05) is 30.0 Å². The van der Waals surface area contributed by atoms with Crippen molar-refractivity contribution >= 4 is 23.2 Å². The van der Waals surface area contributed by atoms with Gasteiger partial charge in [0.25, 0.3) is 5.91 Å². The van der Waals surface area contributed by atoms with Gasteiger partial charge in [0.1, 0.15) is 6.04 Å². The lowest BCUT2D eigenvalue weighted by Gasteiger charge is -2.21. The molecule has 26 heavy (non-hydrogen) atoms. The zero-order chi connectivity index (χ0) is 19.1. The fraction of sp³-hybridized carbons (Fsp3) is 0.333. The third kappa shape index (κ3) is 5.09. The molecule has 0 radical (unpaired) electrons. The summed E-state index contributed by atoms with van der Waals surface area (Å²) in [5.41, 5.74) is 3.38. The first-order chi connectivity index (χ1) is 12.4. The molecule has 5 nitrogen and oxygen atoms in total. The van der Waals surface area contributed by atoms with E-state index in [-0.39, 0.29) is 11.8 Å². The van der Waals surface area contributed by atoms with Gasteiger partial charge in [-0.1, -0.05) is 17.7 Å². The van der Waals surface area contributed by atoms with E-state index in [1.807, 2.05) is 43.3 Å². The molecule has 2 amide bonds. The number of hydrogen-bond acceptors (Lipinski definition) is 3. The van der Waals surface area contributed by atoms with Crippen molar-refractivity contribution in [3.8, 4) is 0 Å². The number of nitrogens with zero attached hydrogens (tertiary/aromatic N) is 1. The number of benzene rings is 2. The molecule has 0 fully saturated rings. The van der Waals surface area contributed by atoms with Crippen molar-refractivity contribution in [1.82, 2.24) is 5.32 Å². The normalized spacial score (nSPS) is 11.5. The van der Waals surface area contributed by atoms with Gasteiger partial charge in [0.15, 0.2) is 0 Å². The molecule has 5 heteroatoms. The minimum atomic E-state index is -0.634. The smallest absolute Gasteiger partial charge is 0.251 e. The zero-order valence-electron chi connectivity index (χ0n) is 15.9. The standard InChI is InChI=1S/C21H27N3O2/c1-5-24(6-2)19-12-10-18(11-13-19)23-20(25)16(4)22-21(26)17-9-7-8-15(3)14-17/h7-14,16H,5-6H2,1-4H3,(H,22,26)(H,23,25). The largest absolute Gasteiger partial charge is 0.372 e. The number of rotatable bonds is 7. The molecule has 2 aromatic carbocycles. The Labute approximate surface area is 155 Å². The van der Waals surface area contributed by atoms with Gasteiger partial charge in [-0.2, -0.15) is 0 Å². The summed E-state index contributed by atoms with van der Waals surface area (Å²) >= 11 is 0. The van der Waals surface area contributed by atoms with E-state index >= 15 is 0 Å². The van der Waals surface area contributed by atoms with E-state index in [1.54, 1.807) is 19.1 Å². The van der Waals surface area contributed by atoms with E-state index in [1.165, 1.54) is 0 Å². The van der Waals surface area contributed by atoms with Crippen LogP contribution in [0.2, 0.25) is 0 Å². The molecule has 0 aliphatic carbocycles. The number of anilines is 2. The molecule has 0 bridgehead atoms. The summed E-state index contributed by atoms with van der Waals surface area (Å²) in [5, 5.41) is 5.57. The first-order valence-corrected chi connectivity index (χ1v) is 8.98. The summed E-state index contributed by atoms with van der Waals surface area (Å²) in [4.78, 5) is 26.8. The van der Waals surface area contributed by atoms with Crippen LogP contribution in [0.15, 0.2) is 48.5 Å². The Kier molecular flexibility index (Phi) is 6.78. The fourth-order valence-corrected chi connectivity index (χ4v) is 2.73. The second-order valence-corrected chi connectivity index (χ2v) is 6.27. The van der Waals surface area contributed by atoms with Crippen LogP contribution >= 0.6 is 0 Å². The quantitative estimate of drug-likeness (QED) is 0.799. The average Bonchev–Trinajstić information content (AvgIpc) is 2.64. The first-order valence-electron chi connectivity index (χ1n) is 8.98. The van der Waals surface area contributed by atoms with Gasteiger partial charge >= 0.3 is 0 Å². The Bertz CT molecular complexity index is 752. The summed E-state index contributed by atoms with van der Waals surface area (Å²) in [6.07, 6.45) is 0. The van der Waals surface area contributed by atoms with E-state index in [9.17, 15) is 9.59 Å². The van der Waals surface area contributed by atoms with Crippen LogP contribution in [0.5, 0.6) is 0 Å². The monoisotopic (exact) mass is 353 g/mol. The van der Waals surface area contributed by atoms with E-state index in [4.69, 9.17) is 0 Å². The average molecular weight is 353 g/mol. The molecular weight excluding hydrogens is 326 g/mol. The summed E-state index contributed by atoms with van der Waals surface area (Å²) in [6, 6.07) is 14.4. The molecule has 0 aromatic heterocycles. The third-order valence-corrected chi connectivity index (χ3v) is 4.28. The number of carbonyl (C=O) groups excluding carboxylic acids is 2. The van der Waals surface area contributed by atoms with Gasteiger partial charge in [-0.3, -0.25) is 9.59 Å². The van der Waals surface area contributed by atoms with Crippen molar-refractivity contribution in [3.63, 3.8) is 0 Å². The lowest BCUT2D eigenvalue weighted by atomic mass is 10.1. The van der Waals surface area contributed by atoms with Crippen molar-refractivity contribution < 1.29 is 9.59 Å². The maximum Gasteiger partial charge on any atom is 0.251 e. The Morgan fingerprint density at radius 1 is 1.04 bits per heavy atom. The van der Waals surface area contributed by atoms with Crippen LogP contribution in [0.3, 0.4) is 0 Å². The van der Waals surface area contributed by atoms with Crippen LogP contribution in [0.1, 0.15) is 36.7 Å². The number of nitrogens with one attached hydrogen (secondary N) is 2. The van der Waals surface area contributed by atoms with Crippen LogP contribution in [-0.4, -0.2) is 30.9 Å². The number of hydrogen-bond donors (Lipinski definition) is 2. The van der Waals surface area contributed by atoms with Crippen molar-refractivity contribution in [3.05, 3.63) is 59.7 Å². The molecule has 0 saturated heterocycles. The van der Waals surface area contributed by atoms with Crippen LogP contribution in [0, 0.1) is 6.92 Å². The van der Waals surface area contributed by atoms with Crippen LogP contribution in [0.25, 0.3) is 0 Å². The van der Waals surface area contributed by atoms with Crippen molar-refractivity contribution in [1.29, 1.82) is 0 Å². The first kappa shape index (κ1) is 19.5. The second kappa shape index (κ2) is 9.04. The van der Waals surface area contributed by atoms with E-state index in [2.05, 4.69) is 29.4 Å². The predicted octanol–water partition coefficient (Wildman–Crippen LogP) is 3.60. The minimum Gasteiger partial charge on any atom is -0.372 e. The van der Waals surface area contributed by atoms with Crippen molar-refractivity contribution in [2.24, 2.45) is 0 Å². The maximum absolute atomic E-state index is 12.3. The number of aryl methyl sites for hydroxylation is 1. The Hall–Kier alpha value is -2.82. The molecular formula is C21H27N3O2. The molecule has 2 N–H and O–H groups in total. The Morgan fingerprint density at radius 3 is 2.27 bits per heavy atom. The third-order valence-electron chi connectivity index (χ3n) is 4.28. The number of carbonyl (C=O) groups is 2. The molecule has 2 rings (SSSR count). The SMILES string of the molecule is CCN(CC)c1ccc(NC(=O)C(C)NC(=O)c2cccc(C)c2)cc1. The molecule has 1 atom stereocenters. The Morgan fingerprint density at radius 2 is 1.69 bits per heavy atom. The van der Waals surface area contributed by atoms with Crippen LogP contribution in [0.4, 0.5) is 11.4 Å². The molecule has 0 aliphatic rings. The van der Waals surface area contributed by atoms with Gasteiger partial charge in [0.2, 0.25) is 5.91 Å². The van der Waals surface area contributed by atoms with Crippen LogP contribution < -0.4 is 15.5 Å². The molecule has 1 unspecified atom stereocenters. The van der Waals surface area contributed by atoms with Gasteiger partial charge in [-0.15, -0.1) is 0 Å². The van der Waals surface area contributed by atoms with Crippen LogP contribution in [-0.2, 0) is 4.79 Å². The number of amides is 2. The van der Waals surface area contributed by atoms with E-state index in [0.29, 0.717) is 11.3 Å². The highest BCUT2D eigenvalue weighted by Gasteiger charge is 2.17. The van der Waals surface area contributed by atoms with Crippen molar-refractivity contribution in [2.75, 3.05) is 23.3 Å². The van der Waals surface area contributed by atoms with Gasteiger partial charge < -0.3 is 15.5 Å². The molecule has 0 spiro atoms. The maximum atomic E-state index is 12.3. The fourth-order valence-electron chi connectivity index (χ4n) is 2.73. The molecule has 0 heterocycles. The van der Waals surface area contributed by atoms with Gasteiger partial charge in [-0.05, 0) is 64.1 Å². The molecule has 0 saturated carbocycles. The summed E-state index contributed by atoms with van der Waals surface area (Å²) in [5.74, 6) is -0.505. The lowest BCUT2D eigenvalue weighted by molar-refractivity contribution is -0.117. The highest BCUT2D eigenvalue weighted by Crippen LogP contribution is 2.17. The molecule has 138 valence electrons. The topological polar surface area (TPSA) is 61.4 Å². The minimum absolute atomic E-state index is 0.249. The molecule has 0 aliphatic heterocycles. The summed E-state index contributed by atoms with van der Waals surface area (Å²) < 4.78 is 0. The predicted molar refractivity (Wildman–Crippen MR) is 107 cm³/mol. The highest BCUT2D eigenvalue weighted by atomic mass is 16.2. The zero-order valence-corrected chi connectivity index (χ0v) is 15.9. The van der Waals surface area contributed by atoms with E-state index in [0.717, 1.165) is 24.3 Å². The van der Waals surface area contributed by atoms with Gasteiger partial charge in [-0.25, -0.2) is 0 Å². The van der Waals surface area contributed by atoms with E-state index < -0.39 is 6.04 Å². The van der Waals surface area contributed by atoms with Crippen molar-refractivity contribution in [2.45, 2.75) is 33.7 Å².